The molecule has 0 unspecified atom stereocenters. The standard InChI is InChI=1S/C12H16ClFN2/c13-11-7-10(8-12(14)9-11)1-4-16-5-2-15-3-6-16/h7-9,15H,1-6H2. The van der Waals surface area contributed by atoms with Gasteiger partial charge in [0.1, 0.15) is 5.82 Å². The molecule has 0 aliphatic carbocycles. The van der Waals surface area contributed by atoms with Crippen LogP contribution in [0.25, 0.3) is 0 Å². The molecule has 0 radical (unpaired) electrons. The Balaban J connectivity index is 1.88. The summed E-state index contributed by atoms with van der Waals surface area (Å²) in [6.07, 6.45) is 0.859. The zero-order valence-electron chi connectivity index (χ0n) is 9.18. The zero-order valence-corrected chi connectivity index (χ0v) is 9.93. The van der Waals surface area contributed by atoms with Gasteiger partial charge in [-0.15, -0.1) is 0 Å². The van der Waals surface area contributed by atoms with E-state index in [-0.39, 0.29) is 5.82 Å². The molecule has 1 fully saturated rings. The molecule has 1 saturated heterocycles. The fourth-order valence-corrected chi connectivity index (χ4v) is 2.22. The normalized spacial score (nSPS) is 17.6. The second-order valence-electron chi connectivity index (χ2n) is 4.12. The fourth-order valence-electron chi connectivity index (χ4n) is 1.98. The van der Waals surface area contributed by atoms with Crippen LogP contribution in [0.3, 0.4) is 0 Å². The number of nitrogens with one attached hydrogen (secondary N) is 1. The lowest BCUT2D eigenvalue weighted by atomic mass is 10.1. The second kappa shape index (κ2) is 5.62. The lowest BCUT2D eigenvalue weighted by molar-refractivity contribution is 0.244. The number of hydrogen-bond donors (Lipinski definition) is 1. The molecule has 1 aliphatic heterocycles. The van der Waals surface area contributed by atoms with Gasteiger partial charge in [0.25, 0.3) is 0 Å². The Morgan fingerprint density at radius 1 is 1.25 bits per heavy atom. The van der Waals surface area contributed by atoms with Gasteiger partial charge >= 0.3 is 0 Å². The van der Waals surface area contributed by atoms with Gasteiger partial charge in [-0.3, -0.25) is 0 Å². The number of nitrogens with zero attached hydrogens (tertiary/aromatic N) is 1. The summed E-state index contributed by atoms with van der Waals surface area (Å²) in [6.45, 7) is 5.21. The summed E-state index contributed by atoms with van der Waals surface area (Å²) in [4.78, 5) is 2.38. The van der Waals surface area contributed by atoms with Crippen molar-refractivity contribution in [2.75, 3.05) is 32.7 Å². The van der Waals surface area contributed by atoms with E-state index in [0.29, 0.717) is 5.02 Å². The number of halogens is 2. The highest BCUT2D eigenvalue weighted by atomic mass is 35.5. The van der Waals surface area contributed by atoms with Crippen molar-refractivity contribution >= 4 is 11.6 Å². The highest BCUT2D eigenvalue weighted by Gasteiger charge is 2.09. The summed E-state index contributed by atoms with van der Waals surface area (Å²) in [5.41, 5.74) is 0.975. The van der Waals surface area contributed by atoms with Crippen LogP contribution < -0.4 is 5.32 Å². The van der Waals surface area contributed by atoms with Crippen LogP contribution in [0.2, 0.25) is 5.02 Å². The Morgan fingerprint density at radius 2 is 2.00 bits per heavy atom. The molecule has 4 heteroatoms. The summed E-state index contributed by atoms with van der Waals surface area (Å²) in [5.74, 6) is -0.247. The smallest absolute Gasteiger partial charge is 0.124 e. The van der Waals surface area contributed by atoms with Crippen LogP contribution in [0, 0.1) is 5.82 Å². The molecule has 0 atom stereocenters. The topological polar surface area (TPSA) is 15.3 Å². The molecule has 0 bridgehead atoms. The summed E-state index contributed by atoms with van der Waals surface area (Å²) >= 11 is 5.81. The fraction of sp³-hybridized carbons (Fsp3) is 0.500. The predicted octanol–water partition coefficient (Wildman–Crippen LogP) is 1.93. The first-order valence-corrected chi connectivity index (χ1v) is 6.00. The maximum atomic E-state index is 13.1. The van der Waals surface area contributed by atoms with Gasteiger partial charge in [0.15, 0.2) is 0 Å². The Bertz CT molecular complexity index is 331. The maximum absolute atomic E-state index is 13.1. The number of rotatable bonds is 3. The van der Waals surface area contributed by atoms with Gasteiger partial charge in [0, 0.05) is 37.7 Å². The van der Waals surface area contributed by atoms with E-state index in [1.54, 1.807) is 6.07 Å². The molecule has 1 aromatic rings. The quantitative estimate of drug-likeness (QED) is 0.872. The van der Waals surface area contributed by atoms with Crippen LogP contribution in [-0.2, 0) is 6.42 Å². The van der Waals surface area contributed by atoms with E-state index >= 15 is 0 Å². The van der Waals surface area contributed by atoms with E-state index < -0.39 is 0 Å². The molecule has 1 aliphatic rings. The molecule has 2 nitrogen and oxygen atoms in total. The van der Waals surface area contributed by atoms with E-state index in [0.717, 1.165) is 44.7 Å². The van der Waals surface area contributed by atoms with Crippen LogP contribution in [0.5, 0.6) is 0 Å². The van der Waals surface area contributed by atoms with Gasteiger partial charge in [-0.05, 0) is 30.2 Å². The van der Waals surface area contributed by atoms with E-state index in [1.165, 1.54) is 6.07 Å². The van der Waals surface area contributed by atoms with E-state index in [9.17, 15) is 4.39 Å². The minimum absolute atomic E-state index is 0.247. The molecule has 1 N–H and O–H groups in total. The average molecular weight is 243 g/mol. The third-order valence-electron chi connectivity index (χ3n) is 2.85. The van der Waals surface area contributed by atoms with Crippen molar-refractivity contribution in [3.8, 4) is 0 Å². The second-order valence-corrected chi connectivity index (χ2v) is 4.56. The van der Waals surface area contributed by atoms with Crippen LogP contribution in [0.15, 0.2) is 18.2 Å². The predicted molar refractivity (Wildman–Crippen MR) is 64.4 cm³/mol. The molecule has 1 aromatic carbocycles. The molecule has 0 spiro atoms. The lowest BCUT2D eigenvalue weighted by Gasteiger charge is -2.27. The van der Waals surface area contributed by atoms with Gasteiger partial charge in [0.05, 0.1) is 0 Å². The third-order valence-corrected chi connectivity index (χ3v) is 3.07. The van der Waals surface area contributed by atoms with Gasteiger partial charge in [0.2, 0.25) is 0 Å². The number of hydrogen-bond acceptors (Lipinski definition) is 2. The van der Waals surface area contributed by atoms with Crippen LogP contribution in [-0.4, -0.2) is 37.6 Å². The summed E-state index contributed by atoms with van der Waals surface area (Å²) in [6, 6.07) is 4.75. The monoisotopic (exact) mass is 242 g/mol. The Hall–Kier alpha value is -0.640. The molecule has 88 valence electrons. The molecule has 0 saturated carbocycles. The van der Waals surface area contributed by atoms with E-state index in [2.05, 4.69) is 10.2 Å². The molecule has 0 amide bonds. The van der Waals surface area contributed by atoms with Gasteiger partial charge in [-0.2, -0.15) is 0 Å². The summed E-state index contributed by atoms with van der Waals surface area (Å²) in [5, 5.41) is 3.79. The first-order chi connectivity index (χ1) is 7.74. The van der Waals surface area contributed by atoms with E-state index in [4.69, 9.17) is 11.6 Å². The minimum atomic E-state index is -0.247. The van der Waals surface area contributed by atoms with Crippen molar-refractivity contribution in [3.05, 3.63) is 34.6 Å². The highest BCUT2D eigenvalue weighted by molar-refractivity contribution is 6.30. The summed E-state index contributed by atoms with van der Waals surface area (Å²) < 4.78 is 13.1. The van der Waals surface area contributed by atoms with Crippen molar-refractivity contribution in [2.45, 2.75) is 6.42 Å². The number of piperazine rings is 1. The Morgan fingerprint density at radius 3 is 2.69 bits per heavy atom. The van der Waals surface area contributed by atoms with Crippen molar-refractivity contribution in [2.24, 2.45) is 0 Å². The third kappa shape index (κ3) is 3.44. The number of benzene rings is 1. The van der Waals surface area contributed by atoms with Crippen molar-refractivity contribution in [3.63, 3.8) is 0 Å². The van der Waals surface area contributed by atoms with Crippen LogP contribution in [0.4, 0.5) is 4.39 Å². The molecule has 2 rings (SSSR count). The molecular formula is C12H16ClFN2. The largest absolute Gasteiger partial charge is 0.314 e. The molecule has 16 heavy (non-hydrogen) atoms. The van der Waals surface area contributed by atoms with E-state index in [1.807, 2.05) is 6.07 Å². The lowest BCUT2D eigenvalue weighted by Crippen LogP contribution is -2.44. The average Bonchev–Trinajstić information content (AvgIpc) is 2.27. The summed E-state index contributed by atoms with van der Waals surface area (Å²) in [7, 11) is 0. The van der Waals surface area contributed by atoms with Crippen molar-refractivity contribution in [1.82, 2.24) is 10.2 Å². The molecule has 1 heterocycles. The SMILES string of the molecule is Fc1cc(Cl)cc(CCN2CCNCC2)c1. The van der Waals surface area contributed by atoms with Crippen LogP contribution >= 0.6 is 11.6 Å². The van der Waals surface area contributed by atoms with Crippen molar-refractivity contribution < 1.29 is 4.39 Å². The van der Waals surface area contributed by atoms with Gasteiger partial charge in [-0.25, -0.2) is 4.39 Å². The highest BCUT2D eigenvalue weighted by Crippen LogP contribution is 2.14. The first-order valence-electron chi connectivity index (χ1n) is 5.62. The van der Waals surface area contributed by atoms with Crippen molar-refractivity contribution in [1.29, 1.82) is 0 Å². The maximum Gasteiger partial charge on any atom is 0.124 e. The molecule has 0 aromatic heterocycles. The zero-order chi connectivity index (χ0) is 11.4. The minimum Gasteiger partial charge on any atom is -0.314 e. The molecular weight excluding hydrogens is 227 g/mol. The van der Waals surface area contributed by atoms with Gasteiger partial charge in [-0.1, -0.05) is 11.6 Å². The van der Waals surface area contributed by atoms with Gasteiger partial charge < -0.3 is 10.2 Å². The van der Waals surface area contributed by atoms with Crippen LogP contribution in [0.1, 0.15) is 5.56 Å². The Labute approximate surface area is 100 Å². The first kappa shape index (κ1) is 11.8. The Kier molecular flexibility index (Phi) is 4.16.